The van der Waals surface area contributed by atoms with E-state index in [1.807, 2.05) is 6.08 Å². The largest absolute Gasteiger partial charge is 0.453 e. The van der Waals surface area contributed by atoms with Crippen molar-refractivity contribution in [2.45, 2.75) is 135 Å². The van der Waals surface area contributed by atoms with E-state index in [-0.39, 0.29) is 0 Å². The minimum atomic E-state index is -5.81. The summed E-state index contributed by atoms with van der Waals surface area (Å²) in [4.78, 5) is 43.0. The van der Waals surface area contributed by atoms with Crippen molar-refractivity contribution in [3.8, 4) is 0 Å². The van der Waals surface area contributed by atoms with Gasteiger partial charge in [0.15, 0.2) is 13.2 Å². The molecule has 22 heteroatoms. The molecule has 2 aromatic rings. The average Bonchev–Trinajstić information content (AvgIpc) is 3.17. The first-order chi connectivity index (χ1) is 29.8. The lowest BCUT2D eigenvalue weighted by Crippen LogP contribution is -2.46. The van der Waals surface area contributed by atoms with Crippen LogP contribution in [0.1, 0.15) is 68.7 Å². The zero-order valence-electron chi connectivity index (χ0n) is 38.5. The molecule has 0 amide bonds. The first kappa shape index (κ1) is 63.5. The lowest BCUT2D eigenvalue weighted by Gasteiger charge is -2.22. The number of halogens is 12. The second-order valence-electron chi connectivity index (χ2n) is 17.1. The van der Waals surface area contributed by atoms with Crippen molar-refractivity contribution in [1.82, 2.24) is 0 Å². The van der Waals surface area contributed by atoms with Gasteiger partial charge in [0.25, 0.3) is 12.2 Å². The van der Waals surface area contributed by atoms with Crippen molar-refractivity contribution in [3.63, 3.8) is 0 Å². The molecule has 2 unspecified atom stereocenters. The fraction of sp³-hybridized carbons (Fsp3) is 0.545. The highest BCUT2D eigenvalue weighted by Crippen LogP contribution is 2.37. The highest BCUT2D eigenvalue weighted by atomic mass is 28.3. The number of esters is 4. The predicted octanol–water partition coefficient (Wildman–Crippen LogP) is 12.7. The van der Waals surface area contributed by atoms with Gasteiger partial charge < -0.3 is 18.9 Å². The number of carbonyl (C=O) groups is 4. The van der Waals surface area contributed by atoms with Gasteiger partial charge in [0.2, 0.25) is 0 Å². The van der Waals surface area contributed by atoms with Crippen LogP contribution in [0.2, 0.25) is 39.3 Å². The van der Waals surface area contributed by atoms with E-state index in [0.717, 1.165) is 0 Å². The molecule has 2 atom stereocenters. The molecule has 0 heterocycles. The molecular weight excluding hydrogens is 941 g/mol. The van der Waals surface area contributed by atoms with Gasteiger partial charge in [0.05, 0.1) is 5.92 Å². The van der Waals surface area contributed by atoms with Crippen molar-refractivity contribution in [2.75, 3.05) is 13.2 Å². The molecule has 2 rings (SSSR count). The molecule has 376 valence electrons. The van der Waals surface area contributed by atoms with E-state index in [9.17, 15) is 71.9 Å². The maximum absolute atomic E-state index is 12.1. The minimum Gasteiger partial charge on any atom is -0.453 e. The molecule has 0 saturated heterocycles. The van der Waals surface area contributed by atoms with Crippen LogP contribution in [-0.2, 0) is 50.2 Å². The molecule has 8 nitrogen and oxygen atoms in total. The fourth-order valence-corrected chi connectivity index (χ4v) is 7.71. The minimum absolute atomic E-state index is 0.335. The van der Waals surface area contributed by atoms with Crippen molar-refractivity contribution in [1.29, 1.82) is 0 Å². The summed E-state index contributed by atoms with van der Waals surface area (Å²) in [5, 5.41) is 0. The summed E-state index contributed by atoms with van der Waals surface area (Å²) >= 11 is 0. The van der Waals surface area contributed by atoms with Gasteiger partial charge in [-0.05, 0) is 42.0 Å². The summed E-state index contributed by atoms with van der Waals surface area (Å²) in [7, 11) is -1.90. The van der Waals surface area contributed by atoms with Crippen LogP contribution >= 0.6 is 0 Å². The van der Waals surface area contributed by atoms with Crippen LogP contribution in [0.25, 0.3) is 6.08 Å². The third-order valence-corrected chi connectivity index (χ3v) is 11.3. The molecule has 0 spiro atoms. The molecule has 0 aliphatic carbocycles. The number of alkyl halides is 12. The van der Waals surface area contributed by atoms with Gasteiger partial charge in [-0.2, -0.15) is 52.7 Å². The van der Waals surface area contributed by atoms with Crippen LogP contribution in [0, 0.1) is 5.92 Å². The van der Waals surface area contributed by atoms with E-state index in [1.54, 1.807) is 6.92 Å². The van der Waals surface area contributed by atoms with Gasteiger partial charge in [0.1, 0.15) is 0 Å². The van der Waals surface area contributed by atoms with E-state index in [2.05, 4.69) is 134 Å². The Labute approximate surface area is 380 Å². The number of rotatable bonds is 16. The maximum Gasteiger partial charge on any atom is 0.434 e. The second kappa shape index (κ2) is 27.9. The van der Waals surface area contributed by atoms with Gasteiger partial charge in [0, 0.05) is 22.2 Å². The molecular formula is C44H60F12O8Si2. The summed E-state index contributed by atoms with van der Waals surface area (Å²) in [6.45, 7) is 26.0. The Hall–Kier alpha value is -4.61. The van der Waals surface area contributed by atoms with Gasteiger partial charge >= 0.3 is 48.6 Å². The van der Waals surface area contributed by atoms with Crippen LogP contribution in [0.5, 0.6) is 0 Å². The lowest BCUT2D eigenvalue weighted by atomic mass is 9.98. The molecule has 0 fully saturated rings. The number of carbonyl (C=O) groups excluding carboxylic acids is 4. The van der Waals surface area contributed by atoms with Crippen LogP contribution < -0.4 is 0 Å². The highest BCUT2D eigenvalue weighted by molar-refractivity contribution is 6.75. The predicted molar refractivity (Wildman–Crippen MR) is 231 cm³/mol. The van der Waals surface area contributed by atoms with E-state index < -0.39 is 96.1 Å². The van der Waals surface area contributed by atoms with E-state index in [1.165, 1.54) is 47.7 Å². The van der Waals surface area contributed by atoms with E-state index in [0.29, 0.717) is 18.4 Å². The Balaban J connectivity index is 0. The van der Waals surface area contributed by atoms with Crippen LogP contribution in [0.3, 0.4) is 0 Å². The molecule has 66 heavy (non-hydrogen) atoms. The first-order valence-electron chi connectivity index (χ1n) is 20.2. The zero-order chi connectivity index (χ0) is 52.1. The smallest absolute Gasteiger partial charge is 0.434 e. The number of hydrogen-bond acceptors (Lipinski definition) is 8. The summed E-state index contributed by atoms with van der Waals surface area (Å²) < 4.78 is 158. The van der Waals surface area contributed by atoms with Crippen molar-refractivity contribution in [2.24, 2.45) is 5.92 Å². The zero-order valence-corrected chi connectivity index (χ0v) is 40.5. The Bertz CT molecular complexity index is 1770. The third-order valence-electron chi connectivity index (χ3n) is 8.38. The number of ether oxygens (including phenoxy) is 4. The monoisotopic (exact) mass is 1000 g/mol. The topological polar surface area (TPSA) is 105 Å². The summed E-state index contributed by atoms with van der Waals surface area (Å²) in [5.74, 6) is -5.96. The summed E-state index contributed by atoms with van der Waals surface area (Å²) in [6, 6.07) is 20.5. The van der Waals surface area contributed by atoms with Crippen molar-refractivity contribution in [3.05, 3.63) is 90.0 Å². The summed E-state index contributed by atoms with van der Waals surface area (Å²) in [6.07, 6.45) is -27.7. The molecule has 2 aromatic carbocycles. The highest BCUT2D eigenvalue weighted by Gasteiger charge is 2.61. The standard InChI is InChI=1S/C14H24Si.C12H18Si.C10H12F6O4.C8H6F6O4/c1-6-12(2)14-9-7-13(8-10-14)11-15(3,4)5;1-5-11-6-8-12(9-7-11)10-13(2,3)4;1-3-5(2)7(18)19-4-6(17)20-8(9(11,12)13)10(14,15)16;1-2-4(15)17-3-5(16)18-6(7(9,10)11)8(12,13)14/h7-10,12H,6,11H2,1-5H3;5-9H,1,10H2,2-4H3;5,8H,3-4H2,1-2H3;2,6H,1,3H2. The Morgan fingerprint density at radius 3 is 1.21 bits per heavy atom. The van der Waals surface area contributed by atoms with Gasteiger partial charge in [-0.3, -0.25) is 4.79 Å². The van der Waals surface area contributed by atoms with Gasteiger partial charge in [-0.1, -0.05) is 146 Å². The molecule has 0 saturated carbocycles. The van der Waals surface area contributed by atoms with Crippen molar-refractivity contribution >= 4 is 46.1 Å². The Kier molecular flexibility index (Phi) is 26.8. The van der Waals surface area contributed by atoms with Crippen LogP contribution in [0.15, 0.2) is 67.8 Å². The quantitative estimate of drug-likeness (QED) is 0.0538. The van der Waals surface area contributed by atoms with Crippen LogP contribution in [-0.4, -0.2) is 90.2 Å². The summed E-state index contributed by atoms with van der Waals surface area (Å²) in [5.41, 5.74) is 5.67. The molecule has 0 aliphatic heterocycles. The molecule has 0 aromatic heterocycles. The third kappa shape index (κ3) is 29.1. The Morgan fingerprint density at radius 1 is 0.576 bits per heavy atom. The lowest BCUT2D eigenvalue weighted by molar-refractivity contribution is -0.314. The van der Waals surface area contributed by atoms with Crippen LogP contribution in [0.4, 0.5) is 52.7 Å². The Morgan fingerprint density at radius 2 is 0.924 bits per heavy atom. The van der Waals surface area contributed by atoms with E-state index in [4.69, 9.17) is 0 Å². The molecule has 0 radical (unpaired) electrons. The molecule has 0 bridgehead atoms. The second-order valence-corrected chi connectivity index (χ2v) is 28.1. The first-order valence-corrected chi connectivity index (χ1v) is 27.6. The molecule has 0 aliphatic rings. The number of benzene rings is 2. The van der Waals surface area contributed by atoms with Gasteiger partial charge in [-0.15, -0.1) is 0 Å². The normalized spacial score (nSPS) is 13.0. The number of hydrogen-bond donors (Lipinski definition) is 0. The van der Waals surface area contributed by atoms with Gasteiger partial charge in [-0.25, -0.2) is 14.4 Å². The fourth-order valence-electron chi connectivity index (χ4n) is 4.79. The maximum atomic E-state index is 12.1. The van der Waals surface area contributed by atoms with Crippen molar-refractivity contribution < 1.29 is 90.8 Å². The molecule has 0 N–H and O–H groups in total. The SMILES string of the molecule is C=CC(=O)OCC(=O)OC(C(F)(F)F)C(F)(F)F.C=Cc1ccc(C[Si](C)(C)C)cc1.CCC(C)C(=O)OCC(=O)OC(C(F)(F)F)C(F)(F)F.CCC(C)c1ccc(C[Si](C)(C)C)cc1. The average molecular weight is 1000 g/mol. The van der Waals surface area contributed by atoms with E-state index >= 15 is 0 Å².